The van der Waals surface area contributed by atoms with Gasteiger partial charge in [0, 0.05) is 18.7 Å². The Morgan fingerprint density at radius 3 is 2.59 bits per heavy atom. The lowest BCUT2D eigenvalue weighted by Gasteiger charge is -2.16. The Hall–Kier alpha value is -2.86. The van der Waals surface area contributed by atoms with Crippen molar-refractivity contribution in [2.45, 2.75) is 13.3 Å². The number of anilines is 2. The van der Waals surface area contributed by atoms with Gasteiger partial charge in [-0.05, 0) is 31.2 Å². The van der Waals surface area contributed by atoms with Gasteiger partial charge in [0.05, 0.1) is 16.6 Å². The van der Waals surface area contributed by atoms with E-state index in [0.29, 0.717) is 10.7 Å². The Morgan fingerprint density at radius 2 is 1.89 bits per heavy atom. The van der Waals surface area contributed by atoms with E-state index < -0.39 is 24.4 Å². The molecule has 27 heavy (non-hydrogen) atoms. The van der Waals surface area contributed by atoms with Crippen LogP contribution in [0, 0.1) is 12.8 Å². The highest BCUT2D eigenvalue weighted by molar-refractivity contribution is 6.33. The van der Waals surface area contributed by atoms with E-state index in [2.05, 4.69) is 5.32 Å². The fourth-order valence-electron chi connectivity index (χ4n) is 2.84. The molecule has 3 rings (SSSR count). The summed E-state index contributed by atoms with van der Waals surface area (Å²) in [6.45, 7) is 1.77. The van der Waals surface area contributed by atoms with Crippen molar-refractivity contribution in [3.8, 4) is 0 Å². The highest BCUT2D eigenvalue weighted by Crippen LogP contribution is 2.26. The number of carbonyl (C=O) groups excluding carboxylic acids is 3. The fraction of sp³-hybridized carbons (Fsp3) is 0.250. The topological polar surface area (TPSA) is 75.7 Å². The molecule has 1 atom stereocenters. The summed E-state index contributed by atoms with van der Waals surface area (Å²) >= 11 is 5.97. The summed E-state index contributed by atoms with van der Waals surface area (Å²) in [6.07, 6.45) is 0.0683. The van der Waals surface area contributed by atoms with Crippen molar-refractivity contribution in [3.05, 3.63) is 59.1 Å². The maximum Gasteiger partial charge on any atom is 0.311 e. The number of carbonyl (C=O) groups is 3. The molecule has 2 aromatic carbocycles. The molecule has 0 unspecified atom stereocenters. The van der Waals surface area contributed by atoms with E-state index in [1.54, 1.807) is 29.2 Å². The van der Waals surface area contributed by atoms with E-state index >= 15 is 0 Å². The molecule has 7 heteroatoms. The molecule has 0 radical (unpaired) electrons. The molecule has 1 N–H and O–H groups in total. The summed E-state index contributed by atoms with van der Waals surface area (Å²) in [7, 11) is 0. The number of hydrogen-bond donors (Lipinski definition) is 1. The lowest BCUT2D eigenvalue weighted by atomic mass is 10.1. The number of aryl methyl sites for hydroxylation is 1. The quantitative estimate of drug-likeness (QED) is 0.801. The third-order valence-corrected chi connectivity index (χ3v) is 4.63. The first-order valence-electron chi connectivity index (χ1n) is 8.52. The van der Waals surface area contributed by atoms with Gasteiger partial charge in [-0.2, -0.15) is 0 Å². The molecule has 0 saturated carbocycles. The Kier molecular flexibility index (Phi) is 5.76. The molecule has 1 fully saturated rings. The van der Waals surface area contributed by atoms with Gasteiger partial charge in [-0.1, -0.05) is 41.4 Å². The van der Waals surface area contributed by atoms with Crippen molar-refractivity contribution < 1.29 is 19.1 Å². The summed E-state index contributed by atoms with van der Waals surface area (Å²) in [5, 5.41) is 2.98. The summed E-state index contributed by atoms with van der Waals surface area (Å²) < 4.78 is 5.08. The van der Waals surface area contributed by atoms with Crippen LogP contribution in [-0.4, -0.2) is 30.9 Å². The molecule has 2 amide bonds. The van der Waals surface area contributed by atoms with Crippen LogP contribution in [0.5, 0.6) is 0 Å². The Bertz CT molecular complexity index is 867. The first-order valence-corrected chi connectivity index (χ1v) is 8.90. The molecule has 1 aliphatic rings. The van der Waals surface area contributed by atoms with Gasteiger partial charge < -0.3 is 15.0 Å². The number of hydrogen-bond acceptors (Lipinski definition) is 4. The molecule has 6 nitrogen and oxygen atoms in total. The first-order chi connectivity index (χ1) is 12.9. The summed E-state index contributed by atoms with van der Waals surface area (Å²) in [5.41, 5.74) is 2.28. The van der Waals surface area contributed by atoms with Crippen LogP contribution < -0.4 is 10.2 Å². The number of esters is 1. The second-order valence-corrected chi connectivity index (χ2v) is 6.78. The van der Waals surface area contributed by atoms with E-state index in [-0.39, 0.29) is 18.9 Å². The van der Waals surface area contributed by atoms with E-state index in [4.69, 9.17) is 16.3 Å². The van der Waals surface area contributed by atoms with Gasteiger partial charge in [-0.25, -0.2) is 0 Å². The van der Waals surface area contributed by atoms with Gasteiger partial charge in [0.1, 0.15) is 0 Å². The number of halogens is 1. The lowest BCUT2D eigenvalue weighted by molar-refractivity contribution is -0.151. The van der Waals surface area contributed by atoms with Crippen LogP contribution in [0.25, 0.3) is 0 Å². The molecule has 2 aromatic rings. The Labute approximate surface area is 162 Å². The van der Waals surface area contributed by atoms with Crippen molar-refractivity contribution >= 4 is 40.8 Å². The van der Waals surface area contributed by atoms with Crippen molar-refractivity contribution in [1.29, 1.82) is 0 Å². The van der Waals surface area contributed by atoms with Gasteiger partial charge in [-0.15, -0.1) is 0 Å². The number of amides is 2. The minimum atomic E-state index is -0.591. The van der Waals surface area contributed by atoms with E-state index in [0.717, 1.165) is 11.3 Å². The number of ether oxygens (including phenoxy) is 1. The summed E-state index contributed by atoms with van der Waals surface area (Å²) in [5.74, 6) is -1.78. The van der Waals surface area contributed by atoms with Crippen LogP contribution in [0.4, 0.5) is 11.4 Å². The second-order valence-electron chi connectivity index (χ2n) is 6.38. The zero-order valence-corrected chi connectivity index (χ0v) is 15.5. The highest BCUT2D eigenvalue weighted by Gasteiger charge is 2.36. The molecule has 1 aliphatic heterocycles. The molecule has 140 valence electrons. The van der Waals surface area contributed by atoms with Gasteiger partial charge in [-0.3, -0.25) is 14.4 Å². The number of nitrogens with zero attached hydrogens (tertiary/aromatic N) is 1. The van der Waals surface area contributed by atoms with E-state index in [1.807, 2.05) is 31.2 Å². The monoisotopic (exact) mass is 386 g/mol. The van der Waals surface area contributed by atoms with Crippen LogP contribution in [0.15, 0.2) is 48.5 Å². The SMILES string of the molecule is Cc1ccc(N2C[C@@H](C(=O)OCC(=O)Nc3ccccc3Cl)CC2=O)cc1. The van der Waals surface area contributed by atoms with Gasteiger partial charge in [0.25, 0.3) is 5.91 Å². The molecule has 0 aliphatic carbocycles. The van der Waals surface area contributed by atoms with Crippen LogP contribution in [0.3, 0.4) is 0 Å². The standard InChI is InChI=1S/C20H19ClN2O4/c1-13-6-8-15(9-7-13)23-11-14(10-19(23)25)20(26)27-12-18(24)22-17-5-3-2-4-16(17)21/h2-9,14H,10-12H2,1H3,(H,22,24)/t14-/m0/s1. The average Bonchev–Trinajstić information content (AvgIpc) is 3.04. The van der Waals surface area contributed by atoms with Gasteiger partial charge in [0.15, 0.2) is 6.61 Å². The number of nitrogens with one attached hydrogen (secondary N) is 1. The lowest BCUT2D eigenvalue weighted by Crippen LogP contribution is -2.28. The molecular weight excluding hydrogens is 368 g/mol. The molecule has 0 spiro atoms. The van der Waals surface area contributed by atoms with Crippen LogP contribution in [0.1, 0.15) is 12.0 Å². The number of para-hydroxylation sites is 1. The van der Waals surface area contributed by atoms with Crippen molar-refractivity contribution in [3.63, 3.8) is 0 Å². The van der Waals surface area contributed by atoms with Crippen LogP contribution >= 0.6 is 11.6 Å². The van der Waals surface area contributed by atoms with Gasteiger partial charge >= 0.3 is 5.97 Å². The van der Waals surface area contributed by atoms with E-state index in [9.17, 15) is 14.4 Å². The smallest absolute Gasteiger partial charge is 0.311 e. The summed E-state index contributed by atoms with van der Waals surface area (Å²) in [4.78, 5) is 38.0. The zero-order chi connectivity index (χ0) is 19.4. The Balaban J connectivity index is 1.53. The fourth-order valence-corrected chi connectivity index (χ4v) is 3.03. The molecule has 1 saturated heterocycles. The molecular formula is C20H19ClN2O4. The Morgan fingerprint density at radius 1 is 1.19 bits per heavy atom. The van der Waals surface area contributed by atoms with Crippen molar-refractivity contribution in [2.24, 2.45) is 5.92 Å². The van der Waals surface area contributed by atoms with Crippen LogP contribution in [-0.2, 0) is 19.1 Å². The third-order valence-electron chi connectivity index (χ3n) is 4.30. The maximum absolute atomic E-state index is 12.2. The molecule has 0 bridgehead atoms. The predicted molar refractivity (Wildman–Crippen MR) is 103 cm³/mol. The normalized spacial score (nSPS) is 16.3. The minimum Gasteiger partial charge on any atom is -0.455 e. The molecule has 0 aromatic heterocycles. The maximum atomic E-state index is 12.2. The number of benzene rings is 2. The third kappa shape index (κ3) is 4.65. The predicted octanol–water partition coefficient (Wildman–Crippen LogP) is 3.18. The van der Waals surface area contributed by atoms with E-state index in [1.165, 1.54) is 0 Å². The molecule has 1 heterocycles. The van der Waals surface area contributed by atoms with Crippen molar-refractivity contribution in [1.82, 2.24) is 0 Å². The largest absolute Gasteiger partial charge is 0.455 e. The number of rotatable bonds is 5. The minimum absolute atomic E-state index is 0.0683. The van der Waals surface area contributed by atoms with Gasteiger partial charge in [0.2, 0.25) is 5.91 Å². The highest BCUT2D eigenvalue weighted by atomic mass is 35.5. The summed E-state index contributed by atoms with van der Waals surface area (Å²) in [6, 6.07) is 14.3. The van der Waals surface area contributed by atoms with Crippen molar-refractivity contribution in [2.75, 3.05) is 23.4 Å². The first kappa shape index (κ1) is 18.9. The second kappa shape index (κ2) is 8.22. The average molecular weight is 387 g/mol. The van der Waals surface area contributed by atoms with Crippen LogP contribution in [0.2, 0.25) is 5.02 Å². The zero-order valence-electron chi connectivity index (χ0n) is 14.8.